The van der Waals surface area contributed by atoms with Gasteiger partial charge in [-0.2, -0.15) is 0 Å². The lowest BCUT2D eigenvalue weighted by Gasteiger charge is -1.82. The molecule has 0 unspecified atom stereocenters. The van der Waals surface area contributed by atoms with Crippen LogP contribution in [-0.4, -0.2) is 0 Å². The van der Waals surface area contributed by atoms with Crippen molar-refractivity contribution in [3.8, 4) is 0 Å². The first-order chi connectivity index (χ1) is 5.15. The van der Waals surface area contributed by atoms with E-state index in [1.165, 1.54) is 12.1 Å². The Labute approximate surface area is 51.9 Å². The van der Waals surface area contributed by atoms with Crippen molar-refractivity contribution in [2.24, 2.45) is 0 Å². The molecule has 0 amide bonds. The Morgan fingerprint density at radius 1 is 1.50 bits per heavy atom. The minimum absolute atomic E-state index is 0.0287. The molecule has 1 aromatic rings. The van der Waals surface area contributed by atoms with Gasteiger partial charge >= 0.3 is 0 Å². The lowest BCUT2D eigenvalue weighted by atomic mass is 10.3. The molecule has 0 heterocycles. The molecule has 0 spiro atoms. The van der Waals surface area contributed by atoms with Crippen LogP contribution in [0.25, 0.3) is 5.53 Å². The van der Waals surface area contributed by atoms with Crippen LogP contribution in [0.4, 0.5) is 5.69 Å². The topological polar surface area (TPSA) is 36.3 Å². The third kappa shape index (κ3) is 0.904. The van der Waals surface area contributed by atoms with Crippen molar-refractivity contribution in [2.75, 3.05) is 0 Å². The van der Waals surface area contributed by atoms with Crippen LogP contribution in [0.5, 0.6) is 0 Å². The van der Waals surface area contributed by atoms with Crippen molar-refractivity contribution in [3.63, 3.8) is 0 Å². The number of para-hydroxylation sites is 1. The molecule has 1 aromatic carbocycles. The molecule has 0 fully saturated rings. The van der Waals surface area contributed by atoms with E-state index in [1.54, 1.807) is 5.11 Å². The van der Waals surface area contributed by atoms with Crippen LogP contribution in [-0.2, 0) is 0 Å². The van der Waals surface area contributed by atoms with Gasteiger partial charge in [-0.15, -0.1) is 0 Å². The predicted molar refractivity (Wildman–Crippen MR) is 30.4 cm³/mol. The van der Waals surface area contributed by atoms with Crippen molar-refractivity contribution < 1.29 is 9.23 Å². The molecule has 0 saturated carbocycles. The molecular formula is C6H6N2. The van der Waals surface area contributed by atoms with E-state index in [4.69, 9.17) is 9.64 Å². The summed E-state index contributed by atoms with van der Waals surface area (Å²) in [5, 5.41) is 1.73. The van der Waals surface area contributed by atoms with Crippen LogP contribution in [0.1, 0.15) is 4.11 Å². The second-order valence-corrected chi connectivity index (χ2v) is 1.23. The third-order valence-electron chi connectivity index (χ3n) is 0.711. The molecule has 0 aromatic heterocycles. The Balaban J connectivity index is 3.36. The molecule has 0 atom stereocenters. The molecule has 2 heteroatoms. The van der Waals surface area contributed by atoms with Crippen molar-refractivity contribution in [3.05, 3.63) is 35.8 Å². The Morgan fingerprint density at radius 3 is 2.62 bits per heavy atom. The average molecular weight is 109 g/mol. The number of hydrogen-bond donors (Lipinski definition) is 1. The average Bonchev–Trinajstić information content (AvgIpc) is 1.85. The Kier molecular flexibility index (Phi) is 0.662. The summed E-state index contributed by atoms with van der Waals surface area (Å²) in [6, 6.07) is 2.49. The summed E-state index contributed by atoms with van der Waals surface area (Å²) in [5.74, 6) is 0. The zero-order chi connectivity index (χ0) is 8.43. The summed E-state index contributed by atoms with van der Waals surface area (Å²) in [5.41, 5.74) is 8.47. The highest BCUT2D eigenvalue weighted by molar-refractivity contribution is 5.26. The third-order valence-corrected chi connectivity index (χ3v) is 0.711. The van der Waals surface area contributed by atoms with E-state index in [1.807, 2.05) is 0 Å². The molecule has 0 saturated heterocycles. The van der Waals surface area contributed by atoms with Gasteiger partial charge in [-0.05, 0) is 0 Å². The fourth-order valence-electron chi connectivity index (χ4n) is 0.376. The van der Waals surface area contributed by atoms with Crippen LogP contribution >= 0.6 is 0 Å². The summed E-state index contributed by atoms with van der Waals surface area (Å²) in [6.07, 6.45) is 0. The van der Waals surface area contributed by atoms with Gasteiger partial charge in [-0.3, -0.25) is 5.11 Å². The number of nitrogens with zero attached hydrogens (tertiary/aromatic N) is 1. The van der Waals surface area contributed by atoms with E-state index in [-0.39, 0.29) is 23.8 Å². The zero-order valence-electron chi connectivity index (χ0n) is 7.10. The van der Waals surface area contributed by atoms with Gasteiger partial charge in [-0.25, -0.2) is 0 Å². The van der Waals surface area contributed by atoms with Crippen LogP contribution in [0.15, 0.2) is 30.3 Å². The van der Waals surface area contributed by atoms with Crippen LogP contribution in [0.2, 0.25) is 0 Å². The smallest absolute Gasteiger partial charge is 0.192 e. The van der Waals surface area contributed by atoms with Crippen molar-refractivity contribution in [1.82, 2.24) is 0 Å². The van der Waals surface area contributed by atoms with Crippen LogP contribution < -0.4 is 5.11 Å². The highest BCUT2D eigenvalue weighted by Crippen LogP contribution is 1.93. The minimum Gasteiger partial charge on any atom is -0.502 e. The summed E-state index contributed by atoms with van der Waals surface area (Å²) < 4.78 is 21.5. The van der Waals surface area contributed by atoms with E-state index < -0.39 is 0 Å². The largest absolute Gasteiger partial charge is 0.502 e. The molecule has 0 radical (unpaired) electrons. The monoisotopic (exact) mass is 109 g/mol. The molecular weight excluding hydrogens is 100 g/mol. The molecule has 0 aliphatic carbocycles. The fourth-order valence-corrected chi connectivity index (χ4v) is 0.376. The summed E-state index contributed by atoms with van der Waals surface area (Å²) in [4.78, 5) is 0. The second-order valence-electron chi connectivity index (χ2n) is 1.23. The minimum atomic E-state index is -0.0509. The van der Waals surface area contributed by atoms with Gasteiger partial charge in [0.05, 0.1) is 4.11 Å². The van der Waals surface area contributed by atoms with Gasteiger partial charge in [0.1, 0.15) is 0 Å². The maximum absolute atomic E-state index is 8.44. The second kappa shape index (κ2) is 2.21. The molecule has 0 aliphatic rings. The van der Waals surface area contributed by atoms with E-state index >= 15 is 0 Å². The van der Waals surface area contributed by atoms with Gasteiger partial charge in [0.25, 0.3) is 0 Å². The lowest BCUT2D eigenvalue weighted by Crippen LogP contribution is -2.54. The molecule has 2 nitrogen and oxygen atoms in total. The van der Waals surface area contributed by atoms with Gasteiger partial charge in [0.15, 0.2) is 5.69 Å². The normalized spacial score (nSPS) is 13.8. The van der Waals surface area contributed by atoms with Gasteiger partial charge < -0.3 is 5.53 Å². The quantitative estimate of drug-likeness (QED) is 0.507. The molecule has 1 rings (SSSR count). The van der Waals surface area contributed by atoms with Gasteiger partial charge in [-0.1, -0.05) is 18.2 Å². The fraction of sp³-hybridized carbons (Fsp3) is 0. The van der Waals surface area contributed by atoms with Gasteiger partial charge in [0.2, 0.25) is 0 Å². The first-order valence-electron chi connectivity index (χ1n) is 3.63. The predicted octanol–water partition coefficient (Wildman–Crippen LogP) is 0.420. The molecule has 0 bridgehead atoms. The zero-order valence-corrected chi connectivity index (χ0v) is 4.10. The number of hydrogen-bond acceptors (Lipinski definition) is 0. The SMILES string of the molecule is [2H]c1cc([2H])c([NH+]=[N-])c([2H])c1. The van der Waals surface area contributed by atoms with Crippen molar-refractivity contribution in [2.45, 2.75) is 0 Å². The highest BCUT2D eigenvalue weighted by Gasteiger charge is 1.81. The number of rotatable bonds is 1. The standard InChI is InChI=1S/C6H6N2/c7-8-6-4-2-1-3-5-6/h1-5,8H/i1D,4D,5D. The first kappa shape index (κ1) is 2.40. The van der Waals surface area contributed by atoms with E-state index in [9.17, 15) is 0 Å². The molecule has 1 N–H and O–H groups in total. The van der Waals surface area contributed by atoms with Crippen molar-refractivity contribution >= 4 is 5.69 Å². The van der Waals surface area contributed by atoms with E-state index in [0.29, 0.717) is 0 Å². The highest BCUT2D eigenvalue weighted by atomic mass is 14.9. The molecule has 40 valence electrons. The maximum Gasteiger partial charge on any atom is 0.192 e. The summed E-state index contributed by atoms with van der Waals surface area (Å²) in [7, 11) is 0. The lowest BCUT2D eigenvalue weighted by molar-refractivity contribution is -0.379. The molecule has 8 heavy (non-hydrogen) atoms. The maximum atomic E-state index is 8.44. The summed E-state index contributed by atoms with van der Waals surface area (Å²) in [6.45, 7) is 0. The van der Waals surface area contributed by atoms with Crippen LogP contribution in [0, 0.1) is 0 Å². The van der Waals surface area contributed by atoms with E-state index in [2.05, 4.69) is 0 Å². The Hall–Kier alpha value is -1.18. The Bertz CT molecular complexity index is 275. The molecule has 0 aliphatic heterocycles. The van der Waals surface area contributed by atoms with Crippen LogP contribution in [0.3, 0.4) is 0 Å². The first-order valence-corrected chi connectivity index (χ1v) is 2.13. The number of benzene rings is 1. The Morgan fingerprint density at radius 2 is 2.12 bits per heavy atom. The summed E-state index contributed by atoms with van der Waals surface area (Å²) >= 11 is 0. The van der Waals surface area contributed by atoms with Crippen molar-refractivity contribution in [1.29, 1.82) is 0 Å². The van der Waals surface area contributed by atoms with Gasteiger partial charge in [0, 0.05) is 12.1 Å². The van der Waals surface area contributed by atoms with E-state index in [0.717, 1.165) is 0 Å². The number of nitrogens with one attached hydrogen (secondary N) is 1.